The maximum Gasteiger partial charge on any atom is 0.226 e. The van der Waals surface area contributed by atoms with Gasteiger partial charge in [0, 0.05) is 25.6 Å². The molecule has 1 aromatic carbocycles. The molecule has 1 unspecified atom stereocenters. The minimum atomic E-state index is -0.498. The topological polar surface area (TPSA) is 89.3 Å². The van der Waals surface area contributed by atoms with Gasteiger partial charge >= 0.3 is 0 Å². The second-order valence-electron chi connectivity index (χ2n) is 5.21. The molecular weight excluding hydrogens is 320 g/mol. The number of hydrogen-bond donors (Lipinski definition) is 2. The Morgan fingerprint density at radius 3 is 2.74 bits per heavy atom. The molecule has 3 rings (SSSR count). The smallest absolute Gasteiger partial charge is 0.226 e. The molecule has 1 aromatic heterocycles. The van der Waals surface area contributed by atoms with Crippen molar-refractivity contribution in [2.45, 2.75) is 13.0 Å². The molecule has 0 radical (unpaired) electrons. The Balaban J connectivity index is 0.00000192. The van der Waals surface area contributed by atoms with E-state index in [2.05, 4.69) is 20.8 Å². The van der Waals surface area contributed by atoms with Crippen LogP contribution in [0.4, 0.5) is 0 Å². The molecule has 1 saturated heterocycles. The summed E-state index contributed by atoms with van der Waals surface area (Å²) in [6, 6.07) is 6.98. The number of benzene rings is 1. The van der Waals surface area contributed by atoms with E-state index in [9.17, 15) is 4.79 Å². The molecule has 1 atom stereocenters. The number of aromatic nitrogens is 2. The van der Waals surface area contributed by atoms with Crippen LogP contribution in [0, 0.1) is 12.8 Å². The molecule has 2 heterocycles. The molecule has 1 aliphatic rings. The van der Waals surface area contributed by atoms with E-state index < -0.39 is 6.04 Å². The van der Waals surface area contributed by atoms with Gasteiger partial charge in [0.2, 0.25) is 11.8 Å². The van der Waals surface area contributed by atoms with Crippen molar-refractivity contribution < 1.29 is 14.1 Å². The summed E-state index contributed by atoms with van der Waals surface area (Å²) in [5.74, 6) is 1.49. The number of rotatable bonds is 5. The van der Waals surface area contributed by atoms with Crippen LogP contribution in [0.15, 0.2) is 28.8 Å². The number of hydrogen-bond acceptors (Lipinski definition) is 6. The number of ether oxygens (including phenoxy) is 1. The molecule has 8 heteroatoms. The molecule has 23 heavy (non-hydrogen) atoms. The summed E-state index contributed by atoms with van der Waals surface area (Å²) in [6.07, 6.45) is 0. The Hall–Kier alpha value is -2.12. The van der Waals surface area contributed by atoms with E-state index in [0.717, 1.165) is 5.56 Å². The minimum absolute atomic E-state index is 0. The number of carbonyl (C=O) groups is 1. The first-order valence-corrected chi connectivity index (χ1v) is 7.13. The van der Waals surface area contributed by atoms with Crippen molar-refractivity contribution in [2.75, 3.05) is 20.2 Å². The number of nitrogens with zero attached hydrogens (tertiary/aromatic N) is 2. The lowest BCUT2D eigenvalue weighted by molar-refractivity contribution is -0.127. The second kappa shape index (κ2) is 7.43. The molecule has 0 saturated carbocycles. The van der Waals surface area contributed by atoms with Crippen LogP contribution in [-0.2, 0) is 4.79 Å². The van der Waals surface area contributed by atoms with Gasteiger partial charge in [-0.3, -0.25) is 4.79 Å². The highest BCUT2D eigenvalue weighted by Crippen LogP contribution is 2.29. The van der Waals surface area contributed by atoms with E-state index in [0.29, 0.717) is 30.6 Å². The largest absolute Gasteiger partial charge is 0.496 e. The van der Waals surface area contributed by atoms with Gasteiger partial charge in [-0.1, -0.05) is 23.4 Å². The fraction of sp³-hybridized carbons (Fsp3) is 0.400. The predicted molar refractivity (Wildman–Crippen MR) is 85.6 cm³/mol. The van der Waals surface area contributed by atoms with E-state index in [-0.39, 0.29) is 24.2 Å². The van der Waals surface area contributed by atoms with Gasteiger partial charge in [-0.25, -0.2) is 0 Å². The van der Waals surface area contributed by atoms with E-state index in [1.165, 1.54) is 0 Å². The first-order chi connectivity index (χ1) is 10.7. The fourth-order valence-electron chi connectivity index (χ4n) is 2.35. The van der Waals surface area contributed by atoms with Crippen LogP contribution in [0.25, 0.3) is 0 Å². The summed E-state index contributed by atoms with van der Waals surface area (Å²) >= 11 is 0. The lowest BCUT2D eigenvalue weighted by Gasteiger charge is -2.28. The Morgan fingerprint density at radius 1 is 1.43 bits per heavy atom. The standard InChI is InChI=1S/C15H18N4O3.ClH/c1-9-17-14(19-22-9)13(18-15(20)10-7-16-8-10)11-5-3-4-6-12(11)21-2;/h3-6,10,13,16H,7-8H2,1-2H3,(H,18,20);1H. The summed E-state index contributed by atoms with van der Waals surface area (Å²) in [5, 5.41) is 10.0. The van der Waals surface area contributed by atoms with Crippen molar-refractivity contribution in [1.82, 2.24) is 20.8 Å². The summed E-state index contributed by atoms with van der Waals surface area (Å²) in [4.78, 5) is 16.6. The molecule has 0 bridgehead atoms. The van der Waals surface area contributed by atoms with Crippen molar-refractivity contribution in [3.8, 4) is 5.75 Å². The molecule has 124 valence electrons. The van der Waals surface area contributed by atoms with Crippen molar-refractivity contribution in [3.05, 3.63) is 41.5 Å². The van der Waals surface area contributed by atoms with Crippen molar-refractivity contribution in [3.63, 3.8) is 0 Å². The van der Waals surface area contributed by atoms with Gasteiger partial charge in [0.25, 0.3) is 0 Å². The zero-order chi connectivity index (χ0) is 15.5. The van der Waals surface area contributed by atoms with Gasteiger partial charge in [0.15, 0.2) is 5.82 Å². The lowest BCUT2D eigenvalue weighted by Crippen LogP contribution is -2.51. The van der Waals surface area contributed by atoms with Crippen molar-refractivity contribution in [1.29, 1.82) is 0 Å². The second-order valence-corrected chi connectivity index (χ2v) is 5.21. The monoisotopic (exact) mass is 338 g/mol. The van der Waals surface area contributed by atoms with Gasteiger partial charge in [0.1, 0.15) is 11.8 Å². The van der Waals surface area contributed by atoms with Gasteiger partial charge in [0.05, 0.1) is 13.0 Å². The number of amides is 1. The quantitative estimate of drug-likeness (QED) is 0.852. The average molecular weight is 339 g/mol. The Kier molecular flexibility index (Phi) is 5.57. The van der Waals surface area contributed by atoms with Crippen LogP contribution in [0.2, 0.25) is 0 Å². The number of carbonyl (C=O) groups excluding carboxylic acids is 1. The highest BCUT2D eigenvalue weighted by atomic mass is 35.5. The number of halogens is 1. The number of nitrogens with one attached hydrogen (secondary N) is 2. The third kappa shape index (κ3) is 3.62. The molecule has 1 amide bonds. The normalized spacial score (nSPS) is 15.2. The molecule has 7 nitrogen and oxygen atoms in total. The van der Waals surface area contributed by atoms with E-state index in [1.807, 2.05) is 24.3 Å². The summed E-state index contributed by atoms with van der Waals surface area (Å²) in [6.45, 7) is 3.10. The minimum Gasteiger partial charge on any atom is -0.496 e. The molecule has 1 aliphatic heterocycles. The van der Waals surface area contributed by atoms with E-state index >= 15 is 0 Å². The highest BCUT2D eigenvalue weighted by molar-refractivity contribution is 5.85. The van der Waals surface area contributed by atoms with Crippen LogP contribution in [0.3, 0.4) is 0 Å². The third-order valence-corrected chi connectivity index (χ3v) is 3.69. The Morgan fingerprint density at radius 2 is 2.17 bits per heavy atom. The zero-order valence-electron chi connectivity index (χ0n) is 12.9. The Labute approximate surface area is 140 Å². The first kappa shape index (κ1) is 17.2. The zero-order valence-corrected chi connectivity index (χ0v) is 13.7. The Bertz CT molecular complexity index is 672. The average Bonchev–Trinajstić information content (AvgIpc) is 2.89. The summed E-state index contributed by atoms with van der Waals surface area (Å²) in [5.41, 5.74) is 0.798. The van der Waals surface area contributed by atoms with Crippen molar-refractivity contribution in [2.24, 2.45) is 5.92 Å². The van der Waals surface area contributed by atoms with Crippen LogP contribution >= 0.6 is 12.4 Å². The number of para-hydroxylation sites is 1. The van der Waals surface area contributed by atoms with Gasteiger partial charge in [-0.2, -0.15) is 4.98 Å². The van der Waals surface area contributed by atoms with Crippen LogP contribution in [0.1, 0.15) is 23.3 Å². The first-order valence-electron chi connectivity index (χ1n) is 7.13. The third-order valence-electron chi connectivity index (χ3n) is 3.69. The maximum atomic E-state index is 12.3. The van der Waals surface area contributed by atoms with Crippen LogP contribution < -0.4 is 15.4 Å². The molecule has 0 aliphatic carbocycles. The summed E-state index contributed by atoms with van der Waals surface area (Å²) in [7, 11) is 1.59. The predicted octanol–water partition coefficient (Wildman–Crippen LogP) is 1.23. The molecule has 0 spiro atoms. The molecular formula is C15H19ClN4O3. The number of aryl methyl sites for hydroxylation is 1. The highest BCUT2D eigenvalue weighted by Gasteiger charge is 2.30. The van der Waals surface area contributed by atoms with Crippen LogP contribution in [-0.4, -0.2) is 36.2 Å². The van der Waals surface area contributed by atoms with Crippen LogP contribution in [0.5, 0.6) is 5.75 Å². The molecule has 2 aromatic rings. The van der Waals surface area contributed by atoms with Gasteiger partial charge in [-0.05, 0) is 6.07 Å². The van der Waals surface area contributed by atoms with Gasteiger partial charge in [-0.15, -0.1) is 12.4 Å². The lowest BCUT2D eigenvalue weighted by atomic mass is 10.00. The van der Waals surface area contributed by atoms with Crippen molar-refractivity contribution >= 4 is 18.3 Å². The SMILES string of the molecule is COc1ccccc1C(NC(=O)C1CNC1)c1noc(C)n1.Cl. The molecule has 2 N–H and O–H groups in total. The fourth-order valence-corrected chi connectivity index (χ4v) is 2.35. The molecule has 1 fully saturated rings. The van der Waals surface area contributed by atoms with Gasteiger partial charge < -0.3 is 19.9 Å². The maximum absolute atomic E-state index is 12.3. The van der Waals surface area contributed by atoms with E-state index in [4.69, 9.17) is 9.26 Å². The number of methoxy groups -OCH3 is 1. The van der Waals surface area contributed by atoms with E-state index in [1.54, 1.807) is 14.0 Å². The summed E-state index contributed by atoms with van der Waals surface area (Å²) < 4.78 is 10.4.